The summed E-state index contributed by atoms with van der Waals surface area (Å²) in [6.45, 7) is 3.88. The molecule has 3 rings (SSSR count). The van der Waals surface area contributed by atoms with E-state index in [-0.39, 0.29) is 18.3 Å². The summed E-state index contributed by atoms with van der Waals surface area (Å²) < 4.78 is 15.0. The lowest BCUT2D eigenvalue weighted by atomic mass is 9.97. The highest BCUT2D eigenvalue weighted by molar-refractivity contribution is 5.75. The molecule has 2 heterocycles. The number of rotatable bonds is 10. The predicted molar refractivity (Wildman–Crippen MR) is 122 cm³/mol. The predicted octanol–water partition coefficient (Wildman–Crippen LogP) is 2.27. The molecule has 2 atom stereocenters. The van der Waals surface area contributed by atoms with Gasteiger partial charge >= 0.3 is 5.97 Å². The van der Waals surface area contributed by atoms with Gasteiger partial charge < -0.3 is 15.3 Å². The fourth-order valence-electron chi connectivity index (χ4n) is 3.26. The van der Waals surface area contributed by atoms with Crippen LogP contribution in [-0.2, 0) is 11.8 Å². The molecule has 0 bridgehead atoms. The highest BCUT2D eigenvalue weighted by atomic mass is 19.1. The summed E-state index contributed by atoms with van der Waals surface area (Å²) >= 11 is 0. The van der Waals surface area contributed by atoms with Crippen LogP contribution in [0.3, 0.4) is 0 Å². The molecule has 34 heavy (non-hydrogen) atoms. The molecule has 180 valence electrons. The van der Waals surface area contributed by atoms with E-state index in [0.717, 1.165) is 0 Å². The van der Waals surface area contributed by atoms with Crippen molar-refractivity contribution < 1.29 is 24.5 Å². The van der Waals surface area contributed by atoms with E-state index in [1.54, 1.807) is 25.3 Å². The van der Waals surface area contributed by atoms with Gasteiger partial charge in [0.15, 0.2) is 0 Å². The number of aliphatic carboxylic acids is 1. The lowest BCUT2D eigenvalue weighted by molar-refractivity contribution is -0.139. The summed E-state index contributed by atoms with van der Waals surface area (Å²) in [5.41, 5.74) is 2.33. The van der Waals surface area contributed by atoms with Crippen molar-refractivity contribution >= 4 is 23.9 Å². The van der Waals surface area contributed by atoms with Gasteiger partial charge in [0.2, 0.25) is 11.9 Å². The zero-order chi connectivity index (χ0) is 24.8. The molecule has 0 radical (unpaired) electrons. The Morgan fingerprint density at radius 3 is 2.50 bits per heavy atom. The molecule has 0 unspecified atom stereocenters. The van der Waals surface area contributed by atoms with Crippen molar-refractivity contribution in [1.82, 2.24) is 30.2 Å². The number of aliphatic hydroxyl groups is 2. The Kier molecular flexibility index (Phi) is 7.97. The Hall–Kier alpha value is -3.77. The topological polar surface area (TPSA) is 159 Å². The molecule has 0 spiro atoms. The van der Waals surface area contributed by atoms with Crippen molar-refractivity contribution in [3.8, 4) is 11.3 Å². The van der Waals surface area contributed by atoms with Crippen LogP contribution in [0.5, 0.6) is 0 Å². The third-order valence-corrected chi connectivity index (χ3v) is 4.89. The van der Waals surface area contributed by atoms with Gasteiger partial charge in [-0.1, -0.05) is 31.1 Å². The SMILES string of the molecule is CC(C)c1nc(Nc2nnnn2C)nc(-c2ccc(F)cc2)c1/C=C/[C@@H](O)C[C@@H](O)CC(=O)O. The quantitative estimate of drug-likeness (QED) is 0.345. The normalized spacial score (nSPS) is 13.4. The van der Waals surface area contributed by atoms with Crippen molar-refractivity contribution in [2.45, 2.75) is 44.8 Å². The fraction of sp³-hybridized carbons (Fsp3) is 0.364. The number of anilines is 2. The number of nitrogens with one attached hydrogen (secondary N) is 1. The van der Waals surface area contributed by atoms with E-state index in [2.05, 4.69) is 30.8 Å². The summed E-state index contributed by atoms with van der Waals surface area (Å²) in [7, 11) is 1.66. The molecule has 3 aromatic rings. The van der Waals surface area contributed by atoms with Crippen LogP contribution >= 0.6 is 0 Å². The Labute approximate surface area is 195 Å². The van der Waals surface area contributed by atoms with E-state index in [0.29, 0.717) is 28.5 Å². The largest absolute Gasteiger partial charge is 0.481 e. The van der Waals surface area contributed by atoms with Gasteiger partial charge in [-0.05, 0) is 40.6 Å². The molecule has 0 saturated heterocycles. The maximum absolute atomic E-state index is 13.6. The van der Waals surface area contributed by atoms with Crippen molar-refractivity contribution in [3.05, 3.63) is 47.4 Å². The zero-order valence-corrected chi connectivity index (χ0v) is 18.9. The number of hydrogen-bond acceptors (Lipinski definition) is 9. The minimum atomic E-state index is -1.19. The fourth-order valence-corrected chi connectivity index (χ4v) is 3.26. The highest BCUT2D eigenvalue weighted by Crippen LogP contribution is 2.31. The molecule has 12 heteroatoms. The number of carboxylic acid groups (broad SMARTS) is 1. The minimum Gasteiger partial charge on any atom is -0.481 e. The number of tetrazole rings is 1. The number of carbonyl (C=O) groups is 1. The number of aliphatic hydroxyl groups excluding tert-OH is 2. The maximum atomic E-state index is 13.6. The van der Waals surface area contributed by atoms with E-state index >= 15 is 0 Å². The van der Waals surface area contributed by atoms with E-state index in [4.69, 9.17) is 5.11 Å². The standard InChI is InChI=1S/C22H26FN7O4/c1-12(2)19-17(9-8-15(31)10-16(32)11-18(33)34)20(13-4-6-14(23)7-5-13)25-21(24-19)26-22-27-28-29-30(22)3/h4-9,12,15-16,31-32H,10-11H2,1-3H3,(H,33,34)(H,24,25,26,27,29)/b9-8+/t15-,16-/m1/s1. The molecular weight excluding hydrogens is 445 g/mol. The molecule has 0 aliphatic carbocycles. The Morgan fingerprint density at radius 2 is 1.91 bits per heavy atom. The second kappa shape index (κ2) is 10.9. The van der Waals surface area contributed by atoms with E-state index in [9.17, 15) is 19.4 Å². The molecule has 0 saturated carbocycles. The van der Waals surface area contributed by atoms with Gasteiger partial charge in [0.05, 0.1) is 30.0 Å². The van der Waals surface area contributed by atoms with Crippen LogP contribution in [0, 0.1) is 5.82 Å². The van der Waals surface area contributed by atoms with Crippen molar-refractivity contribution in [3.63, 3.8) is 0 Å². The summed E-state index contributed by atoms with van der Waals surface area (Å²) in [4.78, 5) is 20.0. The van der Waals surface area contributed by atoms with Gasteiger partial charge in [-0.25, -0.2) is 19.0 Å². The molecule has 2 aromatic heterocycles. The highest BCUT2D eigenvalue weighted by Gasteiger charge is 2.19. The molecule has 11 nitrogen and oxygen atoms in total. The summed E-state index contributed by atoms with van der Waals surface area (Å²) in [5, 5.41) is 43.1. The first-order valence-corrected chi connectivity index (χ1v) is 10.6. The summed E-state index contributed by atoms with van der Waals surface area (Å²) in [5.74, 6) is -1.06. The first-order valence-electron chi connectivity index (χ1n) is 10.6. The van der Waals surface area contributed by atoms with E-state index < -0.39 is 30.4 Å². The minimum absolute atomic E-state index is 0.0604. The van der Waals surface area contributed by atoms with Crippen molar-refractivity contribution in [2.75, 3.05) is 5.32 Å². The Bertz CT molecular complexity index is 1160. The first-order chi connectivity index (χ1) is 16.1. The smallest absolute Gasteiger partial charge is 0.305 e. The number of aryl methyl sites for hydroxylation is 1. The number of carboxylic acids is 1. The van der Waals surface area contributed by atoms with Crippen LogP contribution < -0.4 is 5.32 Å². The zero-order valence-electron chi connectivity index (χ0n) is 18.9. The second-order valence-electron chi connectivity index (χ2n) is 8.02. The van der Waals surface area contributed by atoms with Crippen LogP contribution in [0.25, 0.3) is 17.3 Å². The number of halogens is 1. The van der Waals surface area contributed by atoms with Crippen LogP contribution in [0.2, 0.25) is 0 Å². The molecule has 4 N–H and O–H groups in total. The van der Waals surface area contributed by atoms with Gasteiger partial charge in [0.1, 0.15) is 5.82 Å². The number of benzene rings is 1. The van der Waals surface area contributed by atoms with E-state index in [1.165, 1.54) is 22.9 Å². The van der Waals surface area contributed by atoms with Crippen molar-refractivity contribution in [2.24, 2.45) is 7.05 Å². The van der Waals surface area contributed by atoms with Crippen LogP contribution in [0.4, 0.5) is 16.3 Å². The first kappa shape index (κ1) is 24.9. The van der Waals surface area contributed by atoms with E-state index in [1.807, 2.05) is 13.8 Å². The number of aromatic nitrogens is 6. The molecule has 0 aliphatic rings. The molecular formula is C22H26FN7O4. The third kappa shape index (κ3) is 6.39. The maximum Gasteiger partial charge on any atom is 0.305 e. The summed E-state index contributed by atoms with van der Waals surface area (Å²) in [6, 6.07) is 5.80. The molecule has 1 aromatic carbocycles. The molecule has 0 aliphatic heterocycles. The van der Waals surface area contributed by atoms with Gasteiger partial charge in [-0.15, -0.1) is 0 Å². The van der Waals surface area contributed by atoms with Crippen LogP contribution in [0.1, 0.15) is 43.9 Å². The third-order valence-electron chi connectivity index (χ3n) is 4.89. The van der Waals surface area contributed by atoms with Crippen LogP contribution in [-0.4, -0.2) is 63.7 Å². The average molecular weight is 471 g/mol. The van der Waals surface area contributed by atoms with Gasteiger partial charge in [0.25, 0.3) is 0 Å². The monoisotopic (exact) mass is 471 g/mol. The van der Waals surface area contributed by atoms with Gasteiger partial charge in [0, 0.05) is 24.6 Å². The number of nitrogens with zero attached hydrogens (tertiary/aromatic N) is 6. The Balaban J connectivity index is 2.04. The van der Waals surface area contributed by atoms with Gasteiger partial charge in [-0.3, -0.25) is 10.1 Å². The molecule has 0 amide bonds. The van der Waals surface area contributed by atoms with Gasteiger partial charge in [-0.2, -0.15) is 0 Å². The lowest BCUT2D eigenvalue weighted by Gasteiger charge is -2.17. The summed E-state index contributed by atoms with van der Waals surface area (Å²) in [6.07, 6.45) is 0.163. The second-order valence-corrected chi connectivity index (χ2v) is 8.02. The lowest BCUT2D eigenvalue weighted by Crippen LogP contribution is -2.19. The van der Waals surface area contributed by atoms with Crippen LogP contribution in [0.15, 0.2) is 30.3 Å². The number of hydrogen-bond donors (Lipinski definition) is 4. The Morgan fingerprint density at radius 1 is 1.21 bits per heavy atom. The molecule has 0 fully saturated rings. The average Bonchev–Trinajstić information content (AvgIpc) is 3.16. The van der Waals surface area contributed by atoms with Crippen molar-refractivity contribution in [1.29, 1.82) is 0 Å².